The summed E-state index contributed by atoms with van der Waals surface area (Å²) in [5.41, 5.74) is 6.75. The second kappa shape index (κ2) is 8.67. The summed E-state index contributed by atoms with van der Waals surface area (Å²) < 4.78 is 5.12. The molecule has 2 unspecified atom stereocenters. The number of methoxy groups -OCH3 is 1. The van der Waals surface area contributed by atoms with Crippen LogP contribution in [0.15, 0.2) is 30.3 Å². The van der Waals surface area contributed by atoms with E-state index in [1.807, 2.05) is 18.2 Å². The largest absolute Gasteiger partial charge is 0.380 e. The van der Waals surface area contributed by atoms with E-state index in [-0.39, 0.29) is 18.1 Å². The third-order valence-electron chi connectivity index (χ3n) is 3.19. The molecule has 106 valence electrons. The predicted octanol–water partition coefficient (Wildman–Crippen LogP) is 1.49. The number of nitrogens with two attached hydrogens (primary N) is 1. The van der Waals surface area contributed by atoms with Gasteiger partial charge in [-0.3, -0.25) is 4.79 Å². The van der Waals surface area contributed by atoms with Crippen LogP contribution in [0.1, 0.15) is 25.3 Å². The Hall–Kier alpha value is -1.39. The minimum Gasteiger partial charge on any atom is -0.380 e. The van der Waals surface area contributed by atoms with Crippen molar-refractivity contribution in [3.05, 3.63) is 35.9 Å². The molecule has 3 N–H and O–H groups in total. The first-order valence-corrected chi connectivity index (χ1v) is 6.75. The van der Waals surface area contributed by atoms with Crippen molar-refractivity contribution in [1.29, 1.82) is 0 Å². The third-order valence-corrected chi connectivity index (χ3v) is 3.19. The van der Waals surface area contributed by atoms with E-state index in [9.17, 15) is 4.79 Å². The Kier molecular flexibility index (Phi) is 7.15. The van der Waals surface area contributed by atoms with Gasteiger partial charge in [0.2, 0.25) is 5.91 Å². The van der Waals surface area contributed by atoms with E-state index >= 15 is 0 Å². The monoisotopic (exact) mass is 264 g/mol. The van der Waals surface area contributed by atoms with Crippen LogP contribution in [0.25, 0.3) is 0 Å². The van der Waals surface area contributed by atoms with Crippen molar-refractivity contribution in [3.63, 3.8) is 0 Å². The zero-order chi connectivity index (χ0) is 14.1. The molecule has 2 atom stereocenters. The number of ether oxygens (including phenoxy) is 1. The Labute approximate surface area is 115 Å². The van der Waals surface area contributed by atoms with Crippen LogP contribution in [0.5, 0.6) is 0 Å². The summed E-state index contributed by atoms with van der Waals surface area (Å²) in [4.78, 5) is 11.9. The zero-order valence-corrected chi connectivity index (χ0v) is 11.8. The van der Waals surface area contributed by atoms with Gasteiger partial charge in [-0.25, -0.2) is 0 Å². The van der Waals surface area contributed by atoms with E-state index in [0.29, 0.717) is 13.0 Å². The molecule has 4 nitrogen and oxygen atoms in total. The summed E-state index contributed by atoms with van der Waals surface area (Å²) in [6.07, 6.45) is 1.87. The maximum atomic E-state index is 11.9. The lowest BCUT2D eigenvalue weighted by Gasteiger charge is -2.19. The fraction of sp³-hybridized carbons (Fsp3) is 0.533. The summed E-state index contributed by atoms with van der Waals surface area (Å²) in [5.74, 6) is 0.0000751. The first-order chi connectivity index (χ1) is 9.19. The molecule has 1 rings (SSSR count). The molecule has 4 heteroatoms. The lowest BCUT2D eigenvalue weighted by molar-refractivity contribution is -0.124. The molecule has 0 spiro atoms. The van der Waals surface area contributed by atoms with E-state index in [4.69, 9.17) is 10.5 Å². The molecule has 0 saturated heterocycles. The molecule has 0 bridgehead atoms. The van der Waals surface area contributed by atoms with E-state index in [1.165, 1.54) is 5.56 Å². The van der Waals surface area contributed by atoms with E-state index in [2.05, 4.69) is 24.4 Å². The number of benzene rings is 1. The lowest BCUT2D eigenvalue weighted by atomic mass is 10.0. The summed E-state index contributed by atoms with van der Waals surface area (Å²) in [6, 6.07) is 10.3. The van der Waals surface area contributed by atoms with Crippen molar-refractivity contribution in [3.8, 4) is 0 Å². The smallest absolute Gasteiger partial charge is 0.222 e. The van der Waals surface area contributed by atoms with Gasteiger partial charge in [0.15, 0.2) is 0 Å². The number of nitrogens with one attached hydrogen (secondary N) is 1. The highest BCUT2D eigenvalue weighted by molar-refractivity contribution is 5.76. The highest BCUT2D eigenvalue weighted by atomic mass is 16.5. The van der Waals surface area contributed by atoms with Gasteiger partial charge >= 0.3 is 0 Å². The average molecular weight is 264 g/mol. The number of carbonyl (C=O) groups excluding carboxylic acids is 1. The van der Waals surface area contributed by atoms with Crippen LogP contribution in [0.3, 0.4) is 0 Å². The van der Waals surface area contributed by atoms with Crippen molar-refractivity contribution in [1.82, 2.24) is 5.32 Å². The van der Waals surface area contributed by atoms with Crippen LogP contribution in [0.4, 0.5) is 0 Å². The van der Waals surface area contributed by atoms with Crippen LogP contribution in [0, 0.1) is 0 Å². The molecular formula is C15H24N2O2. The normalized spacial score (nSPS) is 13.8. The first-order valence-electron chi connectivity index (χ1n) is 6.75. The molecule has 0 fully saturated rings. The van der Waals surface area contributed by atoms with Gasteiger partial charge in [0, 0.05) is 19.7 Å². The van der Waals surface area contributed by atoms with Crippen molar-refractivity contribution < 1.29 is 9.53 Å². The topological polar surface area (TPSA) is 64.4 Å². The molecule has 1 aromatic rings. The highest BCUT2D eigenvalue weighted by Crippen LogP contribution is 2.06. The van der Waals surface area contributed by atoms with E-state index in [1.54, 1.807) is 7.11 Å². The SMILES string of the molecule is CCC(Cc1ccccc1)NC(=O)CC(CN)OC. The summed E-state index contributed by atoms with van der Waals surface area (Å²) >= 11 is 0. The number of hydrogen-bond acceptors (Lipinski definition) is 3. The molecule has 0 radical (unpaired) electrons. The Balaban J connectivity index is 2.46. The van der Waals surface area contributed by atoms with Gasteiger partial charge in [-0.1, -0.05) is 37.3 Å². The summed E-state index contributed by atoms with van der Waals surface area (Å²) in [7, 11) is 1.58. The van der Waals surface area contributed by atoms with Gasteiger partial charge in [-0.15, -0.1) is 0 Å². The Bertz CT molecular complexity index is 364. The standard InChI is InChI=1S/C15H24N2O2/c1-3-13(9-12-7-5-4-6-8-12)17-15(18)10-14(11-16)19-2/h4-8,13-14H,3,9-11,16H2,1-2H3,(H,17,18). The maximum Gasteiger partial charge on any atom is 0.222 e. The Morgan fingerprint density at radius 2 is 2.05 bits per heavy atom. The molecular weight excluding hydrogens is 240 g/mol. The molecule has 19 heavy (non-hydrogen) atoms. The van der Waals surface area contributed by atoms with Gasteiger partial charge in [-0.2, -0.15) is 0 Å². The molecule has 0 aliphatic carbocycles. The molecule has 1 aromatic carbocycles. The van der Waals surface area contributed by atoms with Crippen molar-refractivity contribution in [2.45, 2.75) is 38.3 Å². The van der Waals surface area contributed by atoms with Crippen LogP contribution in [0.2, 0.25) is 0 Å². The van der Waals surface area contributed by atoms with Crippen molar-refractivity contribution in [2.24, 2.45) is 5.73 Å². The Morgan fingerprint density at radius 1 is 1.37 bits per heavy atom. The molecule has 1 amide bonds. The average Bonchev–Trinajstić information content (AvgIpc) is 2.45. The van der Waals surface area contributed by atoms with Crippen LogP contribution < -0.4 is 11.1 Å². The van der Waals surface area contributed by atoms with Crippen molar-refractivity contribution >= 4 is 5.91 Å². The second-order valence-corrected chi connectivity index (χ2v) is 4.66. The van der Waals surface area contributed by atoms with Crippen LogP contribution >= 0.6 is 0 Å². The Morgan fingerprint density at radius 3 is 2.58 bits per heavy atom. The third kappa shape index (κ3) is 5.85. The van der Waals surface area contributed by atoms with Gasteiger partial charge in [0.05, 0.1) is 12.5 Å². The fourth-order valence-electron chi connectivity index (χ4n) is 1.95. The van der Waals surface area contributed by atoms with Gasteiger partial charge in [0.1, 0.15) is 0 Å². The molecule has 0 aliphatic rings. The van der Waals surface area contributed by atoms with Gasteiger partial charge in [0.25, 0.3) is 0 Å². The van der Waals surface area contributed by atoms with Gasteiger partial charge < -0.3 is 15.8 Å². The fourth-order valence-corrected chi connectivity index (χ4v) is 1.95. The number of hydrogen-bond donors (Lipinski definition) is 2. The predicted molar refractivity (Wildman–Crippen MR) is 76.8 cm³/mol. The quantitative estimate of drug-likeness (QED) is 0.747. The lowest BCUT2D eigenvalue weighted by Crippen LogP contribution is -2.39. The van der Waals surface area contributed by atoms with Crippen LogP contribution in [-0.2, 0) is 16.0 Å². The van der Waals surface area contributed by atoms with E-state index in [0.717, 1.165) is 12.8 Å². The summed E-state index contributed by atoms with van der Waals surface area (Å²) in [5, 5.41) is 3.04. The number of rotatable bonds is 8. The molecule has 0 saturated carbocycles. The second-order valence-electron chi connectivity index (χ2n) is 4.66. The number of carbonyl (C=O) groups is 1. The van der Waals surface area contributed by atoms with E-state index < -0.39 is 0 Å². The molecule has 0 heterocycles. The maximum absolute atomic E-state index is 11.9. The minimum atomic E-state index is -0.200. The summed E-state index contributed by atoms with van der Waals surface area (Å²) in [6.45, 7) is 2.43. The zero-order valence-electron chi connectivity index (χ0n) is 11.8. The molecule has 0 aromatic heterocycles. The minimum absolute atomic E-state index is 0.0000751. The number of amides is 1. The first kappa shape index (κ1) is 15.7. The highest BCUT2D eigenvalue weighted by Gasteiger charge is 2.15. The van der Waals surface area contributed by atoms with Crippen molar-refractivity contribution in [2.75, 3.05) is 13.7 Å². The molecule has 0 aliphatic heterocycles. The van der Waals surface area contributed by atoms with Gasteiger partial charge in [-0.05, 0) is 18.4 Å². The van der Waals surface area contributed by atoms with Crippen LogP contribution in [-0.4, -0.2) is 31.7 Å².